The Morgan fingerprint density at radius 2 is 1.72 bits per heavy atom. The van der Waals surface area contributed by atoms with Gasteiger partial charge in [-0.1, -0.05) is 48.5 Å². The van der Waals surface area contributed by atoms with E-state index in [4.69, 9.17) is 14.7 Å². The fraction of sp³-hybridized carbons (Fsp3) is 0.136. The van der Waals surface area contributed by atoms with E-state index in [0.717, 1.165) is 15.7 Å². The summed E-state index contributed by atoms with van der Waals surface area (Å²) in [5.74, 6) is -0.255. The molecule has 1 amide bonds. The molecular weight excluding hydrogens is 388 g/mol. The summed E-state index contributed by atoms with van der Waals surface area (Å²) in [6.07, 6.45) is 0. The van der Waals surface area contributed by atoms with Gasteiger partial charge in [-0.25, -0.2) is 4.79 Å². The van der Waals surface area contributed by atoms with Gasteiger partial charge in [-0.05, 0) is 23.6 Å². The number of carbonyl (C=O) groups excluding carboxylic acids is 2. The number of rotatable bonds is 8. The zero-order chi connectivity index (χ0) is 20.5. The molecule has 3 aromatic rings. The molecular formula is C22H18N2O4S. The first-order valence-electron chi connectivity index (χ1n) is 8.82. The van der Waals surface area contributed by atoms with E-state index in [9.17, 15) is 9.59 Å². The van der Waals surface area contributed by atoms with Crippen molar-refractivity contribution < 1.29 is 19.1 Å². The molecule has 0 saturated heterocycles. The Morgan fingerprint density at radius 1 is 0.966 bits per heavy atom. The number of ether oxygens (including phenoxy) is 2. The van der Waals surface area contributed by atoms with Crippen molar-refractivity contribution in [1.82, 2.24) is 0 Å². The molecule has 0 unspecified atom stereocenters. The molecule has 6 nitrogen and oxygen atoms in total. The Bertz CT molecular complexity index is 1060. The first-order chi connectivity index (χ1) is 14.2. The van der Waals surface area contributed by atoms with Gasteiger partial charge in [0.2, 0.25) is 0 Å². The highest BCUT2D eigenvalue weighted by Gasteiger charge is 2.11. The summed E-state index contributed by atoms with van der Waals surface area (Å²) >= 11 is 1.32. The minimum absolute atomic E-state index is 0.271. The molecule has 0 fully saturated rings. The average molecular weight is 406 g/mol. The minimum Gasteiger partial charge on any atom is -0.481 e. The summed E-state index contributed by atoms with van der Waals surface area (Å²) in [6.45, 7) is -0.717. The summed E-state index contributed by atoms with van der Waals surface area (Å²) in [4.78, 5) is 24.8. The van der Waals surface area contributed by atoms with Gasteiger partial charge in [0.25, 0.3) is 5.91 Å². The Labute approximate surface area is 172 Å². The second-order valence-corrected chi connectivity index (χ2v) is 6.93. The van der Waals surface area contributed by atoms with Crippen molar-refractivity contribution in [3.05, 3.63) is 66.7 Å². The van der Waals surface area contributed by atoms with Crippen molar-refractivity contribution >= 4 is 40.1 Å². The van der Waals surface area contributed by atoms with Gasteiger partial charge in [0.15, 0.2) is 13.2 Å². The van der Waals surface area contributed by atoms with Crippen molar-refractivity contribution in [1.29, 1.82) is 5.26 Å². The lowest BCUT2D eigenvalue weighted by molar-refractivity contribution is -0.149. The number of carbonyl (C=O) groups is 2. The van der Waals surface area contributed by atoms with Crippen molar-refractivity contribution in [2.24, 2.45) is 0 Å². The van der Waals surface area contributed by atoms with Gasteiger partial charge in [-0.2, -0.15) is 5.26 Å². The monoisotopic (exact) mass is 406 g/mol. The Hall–Kier alpha value is -3.50. The van der Waals surface area contributed by atoms with Crippen molar-refractivity contribution in [3.8, 4) is 11.8 Å². The summed E-state index contributed by atoms with van der Waals surface area (Å²) in [5, 5.41) is 13.3. The van der Waals surface area contributed by atoms with E-state index in [2.05, 4.69) is 5.32 Å². The Morgan fingerprint density at radius 3 is 2.59 bits per heavy atom. The molecule has 0 heterocycles. The van der Waals surface area contributed by atoms with E-state index >= 15 is 0 Å². The fourth-order valence-electron chi connectivity index (χ4n) is 2.64. The second-order valence-electron chi connectivity index (χ2n) is 5.92. The van der Waals surface area contributed by atoms with Crippen molar-refractivity contribution in [3.63, 3.8) is 0 Å². The lowest BCUT2D eigenvalue weighted by Crippen LogP contribution is -2.23. The summed E-state index contributed by atoms with van der Waals surface area (Å²) in [5.41, 5.74) is 0.570. The molecule has 7 heteroatoms. The topological polar surface area (TPSA) is 88.4 Å². The first-order valence-corrected chi connectivity index (χ1v) is 9.81. The normalized spacial score (nSPS) is 10.2. The third-order valence-electron chi connectivity index (χ3n) is 3.91. The van der Waals surface area contributed by atoms with Crippen LogP contribution in [0, 0.1) is 11.3 Å². The van der Waals surface area contributed by atoms with Crippen LogP contribution in [0.1, 0.15) is 0 Å². The number of para-hydroxylation sites is 1. The number of amides is 1. The van der Waals surface area contributed by atoms with E-state index < -0.39 is 18.5 Å². The predicted molar refractivity (Wildman–Crippen MR) is 112 cm³/mol. The molecule has 0 aliphatic heterocycles. The molecule has 1 N–H and O–H groups in total. The minimum atomic E-state index is -0.639. The molecule has 0 aliphatic rings. The molecule has 0 aliphatic carbocycles. The first kappa shape index (κ1) is 20.2. The van der Waals surface area contributed by atoms with Gasteiger partial charge in [-0.3, -0.25) is 4.79 Å². The van der Waals surface area contributed by atoms with Gasteiger partial charge in [0.1, 0.15) is 5.75 Å². The maximum atomic E-state index is 12.1. The third kappa shape index (κ3) is 5.74. The lowest BCUT2D eigenvalue weighted by atomic mass is 10.1. The number of hydrogen-bond donors (Lipinski definition) is 1. The molecule has 3 rings (SSSR count). The van der Waals surface area contributed by atoms with Gasteiger partial charge in [-0.15, -0.1) is 11.8 Å². The van der Waals surface area contributed by atoms with Crippen LogP contribution < -0.4 is 10.1 Å². The number of benzene rings is 3. The molecule has 146 valence electrons. The zero-order valence-corrected chi connectivity index (χ0v) is 16.3. The van der Waals surface area contributed by atoms with Crippen LogP contribution in [-0.2, 0) is 14.3 Å². The van der Waals surface area contributed by atoms with Crippen LogP contribution in [-0.4, -0.2) is 30.8 Å². The maximum absolute atomic E-state index is 12.1. The van der Waals surface area contributed by atoms with E-state index in [0.29, 0.717) is 11.4 Å². The van der Waals surface area contributed by atoms with E-state index in [-0.39, 0.29) is 12.4 Å². The molecule has 3 aromatic carbocycles. The van der Waals surface area contributed by atoms with E-state index in [1.807, 2.05) is 54.6 Å². The number of hydrogen-bond acceptors (Lipinski definition) is 6. The number of esters is 1. The fourth-order valence-corrected chi connectivity index (χ4v) is 3.31. The SMILES string of the molecule is N#CCSc1ccccc1NC(=O)COC(=O)COc1cccc2ccccc12. The summed E-state index contributed by atoms with van der Waals surface area (Å²) in [7, 11) is 0. The average Bonchev–Trinajstić information content (AvgIpc) is 2.75. The van der Waals surface area contributed by atoms with Crippen LogP contribution in [0.2, 0.25) is 0 Å². The number of thioether (sulfide) groups is 1. The maximum Gasteiger partial charge on any atom is 0.344 e. The van der Waals surface area contributed by atoms with Gasteiger partial charge in [0.05, 0.1) is 17.5 Å². The molecule has 0 bridgehead atoms. The third-order valence-corrected chi connectivity index (χ3v) is 4.85. The van der Waals surface area contributed by atoms with Crippen molar-refractivity contribution in [2.75, 3.05) is 24.3 Å². The second kappa shape index (κ2) is 10.2. The zero-order valence-electron chi connectivity index (χ0n) is 15.5. The summed E-state index contributed by atoms with van der Waals surface area (Å²) in [6, 6.07) is 22.4. The van der Waals surface area contributed by atoms with Crippen LogP contribution in [0.5, 0.6) is 5.75 Å². The Kier molecular flexibility index (Phi) is 7.09. The van der Waals surface area contributed by atoms with Crippen LogP contribution in [0.15, 0.2) is 71.6 Å². The van der Waals surface area contributed by atoms with Crippen molar-refractivity contribution in [2.45, 2.75) is 4.90 Å². The van der Waals surface area contributed by atoms with Gasteiger partial charge >= 0.3 is 5.97 Å². The number of nitrogens with zero attached hydrogens (tertiary/aromatic N) is 1. The van der Waals surface area contributed by atoms with Gasteiger partial charge < -0.3 is 14.8 Å². The summed E-state index contributed by atoms with van der Waals surface area (Å²) < 4.78 is 10.6. The molecule has 0 radical (unpaired) electrons. The highest BCUT2D eigenvalue weighted by Crippen LogP contribution is 2.27. The number of anilines is 1. The predicted octanol–water partition coefficient (Wildman–Crippen LogP) is 4.02. The van der Waals surface area contributed by atoms with Crippen LogP contribution >= 0.6 is 11.8 Å². The van der Waals surface area contributed by atoms with Gasteiger partial charge in [0, 0.05) is 10.3 Å². The number of fused-ring (bicyclic) bond motifs is 1. The van der Waals surface area contributed by atoms with E-state index in [1.54, 1.807) is 18.2 Å². The Balaban J connectivity index is 1.49. The van der Waals surface area contributed by atoms with Crippen LogP contribution in [0.4, 0.5) is 5.69 Å². The smallest absolute Gasteiger partial charge is 0.344 e. The quantitative estimate of drug-likeness (QED) is 0.449. The number of nitriles is 1. The molecule has 0 spiro atoms. The van der Waals surface area contributed by atoms with E-state index in [1.165, 1.54) is 11.8 Å². The number of nitrogens with one attached hydrogen (secondary N) is 1. The largest absolute Gasteiger partial charge is 0.481 e. The molecule has 29 heavy (non-hydrogen) atoms. The lowest BCUT2D eigenvalue weighted by Gasteiger charge is -2.11. The molecule has 0 saturated carbocycles. The van der Waals surface area contributed by atoms with Crippen LogP contribution in [0.3, 0.4) is 0 Å². The van der Waals surface area contributed by atoms with Crippen LogP contribution in [0.25, 0.3) is 10.8 Å². The molecule has 0 atom stereocenters. The highest BCUT2D eigenvalue weighted by atomic mass is 32.2. The highest BCUT2D eigenvalue weighted by molar-refractivity contribution is 7.99. The molecule has 0 aromatic heterocycles. The standard InChI is InChI=1S/C22H18N2O4S/c23-12-13-29-20-11-4-3-9-18(20)24-21(25)14-28-22(26)15-27-19-10-5-7-16-6-1-2-8-17(16)19/h1-11H,13-15H2,(H,24,25).